The zero-order valence-electron chi connectivity index (χ0n) is 13.1. The third-order valence-electron chi connectivity index (χ3n) is 4.11. The molecule has 0 saturated heterocycles. The monoisotopic (exact) mass is 343 g/mol. The summed E-state index contributed by atoms with van der Waals surface area (Å²) in [4.78, 5) is 26.2. The van der Waals surface area contributed by atoms with Gasteiger partial charge >= 0.3 is 11.7 Å². The number of ether oxygens (including phenoxy) is 2. The molecule has 1 aromatic heterocycles. The summed E-state index contributed by atoms with van der Waals surface area (Å²) in [6.45, 7) is 0.365. The highest BCUT2D eigenvalue weighted by Gasteiger charge is 2.26. The van der Waals surface area contributed by atoms with E-state index in [0.29, 0.717) is 36.1 Å². The average molecular weight is 343 g/mol. The molecular weight excluding hydrogens is 329 g/mol. The maximum absolute atomic E-state index is 14.0. The number of oxazole rings is 1. The maximum Gasteiger partial charge on any atom is 0.417 e. The number of benzene rings is 2. The minimum atomic E-state index is -0.597. The number of para-hydroxylation sites is 1. The molecule has 0 radical (unpaired) electrons. The topological polar surface area (TPSA) is 81.5 Å². The number of carbonyl (C=O) groups is 1. The molecule has 1 N–H and O–H groups in total. The van der Waals surface area contributed by atoms with E-state index in [1.807, 2.05) is 0 Å². The summed E-state index contributed by atoms with van der Waals surface area (Å²) in [5.74, 6) is -1.50. The van der Waals surface area contributed by atoms with Crippen LogP contribution in [0, 0.1) is 5.82 Å². The molecule has 4 rings (SSSR count). The molecule has 0 amide bonds. The Morgan fingerprint density at radius 1 is 1.28 bits per heavy atom. The van der Waals surface area contributed by atoms with Crippen LogP contribution in [0.3, 0.4) is 0 Å². The Bertz CT molecular complexity index is 1010. The first-order valence-electron chi connectivity index (χ1n) is 7.87. The number of aromatic nitrogens is 1. The van der Waals surface area contributed by atoms with Gasteiger partial charge in [-0.1, -0.05) is 12.1 Å². The summed E-state index contributed by atoms with van der Waals surface area (Å²) in [5.41, 5.74) is 1.56. The minimum Gasteiger partial charge on any atom is -0.490 e. The second-order valence-corrected chi connectivity index (χ2v) is 5.77. The van der Waals surface area contributed by atoms with Crippen LogP contribution in [0.4, 0.5) is 4.39 Å². The van der Waals surface area contributed by atoms with Crippen LogP contribution in [-0.2, 0) is 4.74 Å². The lowest BCUT2D eigenvalue weighted by molar-refractivity contribution is 0.0278. The van der Waals surface area contributed by atoms with Crippen molar-refractivity contribution < 1.29 is 23.1 Å². The van der Waals surface area contributed by atoms with Gasteiger partial charge in [0.15, 0.2) is 17.1 Å². The number of halogens is 1. The number of H-pyrrole nitrogens is 1. The minimum absolute atomic E-state index is 0.132. The Hall–Kier alpha value is -3.09. The Balaban J connectivity index is 1.63. The molecule has 6 nitrogen and oxygen atoms in total. The van der Waals surface area contributed by atoms with Gasteiger partial charge in [0.25, 0.3) is 0 Å². The third-order valence-corrected chi connectivity index (χ3v) is 4.11. The lowest BCUT2D eigenvalue weighted by Crippen LogP contribution is -2.12. The van der Waals surface area contributed by atoms with Gasteiger partial charge in [0, 0.05) is 5.56 Å². The summed E-state index contributed by atoms with van der Waals surface area (Å²) in [6.07, 6.45) is 0.576. The highest BCUT2D eigenvalue weighted by atomic mass is 19.1. The van der Waals surface area contributed by atoms with Crippen molar-refractivity contribution in [2.24, 2.45) is 0 Å². The van der Waals surface area contributed by atoms with E-state index in [0.717, 1.165) is 0 Å². The fourth-order valence-electron chi connectivity index (χ4n) is 2.93. The second-order valence-electron chi connectivity index (χ2n) is 5.77. The maximum atomic E-state index is 14.0. The highest BCUT2D eigenvalue weighted by Crippen LogP contribution is 2.36. The van der Waals surface area contributed by atoms with Crippen molar-refractivity contribution >= 4 is 17.1 Å². The Kier molecular flexibility index (Phi) is 3.76. The van der Waals surface area contributed by atoms with Crippen LogP contribution in [0.5, 0.6) is 5.75 Å². The molecule has 0 spiro atoms. The molecule has 128 valence electrons. The third kappa shape index (κ3) is 2.88. The van der Waals surface area contributed by atoms with E-state index in [9.17, 15) is 14.0 Å². The highest BCUT2D eigenvalue weighted by molar-refractivity contribution is 5.93. The van der Waals surface area contributed by atoms with Gasteiger partial charge in [-0.15, -0.1) is 0 Å². The predicted octanol–water partition coefficient (Wildman–Crippen LogP) is 3.33. The van der Waals surface area contributed by atoms with E-state index in [4.69, 9.17) is 13.9 Å². The summed E-state index contributed by atoms with van der Waals surface area (Å²) in [6, 6.07) is 9.09. The van der Waals surface area contributed by atoms with Crippen molar-refractivity contribution in [2.45, 2.75) is 18.9 Å². The van der Waals surface area contributed by atoms with E-state index in [1.54, 1.807) is 12.1 Å². The zero-order valence-corrected chi connectivity index (χ0v) is 13.1. The number of esters is 1. The van der Waals surface area contributed by atoms with Gasteiger partial charge in [0.05, 0.1) is 17.7 Å². The summed E-state index contributed by atoms with van der Waals surface area (Å²) < 4.78 is 29.9. The largest absolute Gasteiger partial charge is 0.490 e. The number of nitrogens with one attached hydrogen (secondary N) is 1. The molecular formula is C18H14FNO5. The fraction of sp³-hybridized carbons (Fsp3) is 0.222. The van der Waals surface area contributed by atoms with Gasteiger partial charge in [-0.2, -0.15) is 0 Å². The number of fused-ring (bicyclic) bond motifs is 2. The van der Waals surface area contributed by atoms with Crippen LogP contribution >= 0.6 is 0 Å². The number of aromatic amines is 1. The predicted molar refractivity (Wildman–Crippen MR) is 86.1 cm³/mol. The molecule has 0 unspecified atom stereocenters. The Morgan fingerprint density at radius 3 is 3.04 bits per heavy atom. The van der Waals surface area contributed by atoms with E-state index < -0.39 is 23.6 Å². The van der Waals surface area contributed by atoms with Gasteiger partial charge in [-0.3, -0.25) is 4.98 Å². The van der Waals surface area contributed by atoms with Gasteiger partial charge in [-0.05, 0) is 37.1 Å². The molecule has 0 aliphatic carbocycles. The van der Waals surface area contributed by atoms with Crippen molar-refractivity contribution in [1.29, 1.82) is 0 Å². The Morgan fingerprint density at radius 2 is 2.16 bits per heavy atom. The van der Waals surface area contributed by atoms with Crippen molar-refractivity contribution in [3.63, 3.8) is 0 Å². The molecule has 1 atom stereocenters. The van der Waals surface area contributed by atoms with E-state index in [1.165, 1.54) is 24.3 Å². The first-order valence-corrected chi connectivity index (χ1v) is 7.87. The molecule has 7 heteroatoms. The molecule has 1 aliphatic heterocycles. The standard InChI is InChI=1S/C18H14FNO5/c19-12-4-1-3-11-14(5-2-8-23-16(11)12)24-17(21)10-6-7-15-13(9-10)20-18(22)25-15/h1,3-4,6-7,9,14H,2,5,8H2,(H,20,22)/t14-/m1/s1. The first kappa shape index (κ1) is 15.4. The fourth-order valence-corrected chi connectivity index (χ4v) is 2.93. The lowest BCUT2D eigenvalue weighted by Gasteiger charge is -2.17. The number of rotatable bonds is 2. The van der Waals surface area contributed by atoms with Crippen molar-refractivity contribution in [2.75, 3.05) is 6.61 Å². The molecule has 2 heterocycles. The molecule has 25 heavy (non-hydrogen) atoms. The van der Waals surface area contributed by atoms with Gasteiger partial charge in [0.1, 0.15) is 6.10 Å². The van der Waals surface area contributed by atoms with Crippen molar-refractivity contribution in [3.05, 3.63) is 63.9 Å². The molecule has 1 aliphatic rings. The van der Waals surface area contributed by atoms with Gasteiger partial charge in [0.2, 0.25) is 0 Å². The molecule has 0 fully saturated rings. The molecule has 0 bridgehead atoms. The van der Waals surface area contributed by atoms with Crippen LogP contribution in [0.15, 0.2) is 45.6 Å². The van der Waals surface area contributed by atoms with Gasteiger partial charge < -0.3 is 13.9 Å². The molecule has 2 aromatic carbocycles. The number of carbonyl (C=O) groups excluding carboxylic acids is 1. The number of hydrogen-bond acceptors (Lipinski definition) is 5. The van der Waals surface area contributed by atoms with Crippen LogP contribution < -0.4 is 10.5 Å². The molecule has 3 aromatic rings. The lowest BCUT2D eigenvalue weighted by atomic mass is 10.0. The summed E-state index contributed by atoms with van der Waals surface area (Å²) >= 11 is 0. The van der Waals surface area contributed by atoms with Crippen LogP contribution in [0.25, 0.3) is 11.1 Å². The van der Waals surface area contributed by atoms with Crippen molar-refractivity contribution in [3.8, 4) is 5.75 Å². The SMILES string of the molecule is O=C(O[C@@H]1CCCOc2c(F)cccc21)c1ccc2oc(=O)[nH]c2c1. The summed E-state index contributed by atoms with van der Waals surface area (Å²) in [5, 5.41) is 0. The molecule has 0 saturated carbocycles. The normalized spacial score (nSPS) is 16.8. The zero-order chi connectivity index (χ0) is 17.4. The number of hydrogen-bond donors (Lipinski definition) is 1. The van der Waals surface area contributed by atoms with Gasteiger partial charge in [-0.25, -0.2) is 14.0 Å². The van der Waals surface area contributed by atoms with E-state index >= 15 is 0 Å². The van der Waals surface area contributed by atoms with Crippen molar-refractivity contribution in [1.82, 2.24) is 4.98 Å². The van der Waals surface area contributed by atoms with E-state index in [2.05, 4.69) is 4.98 Å². The summed E-state index contributed by atoms with van der Waals surface area (Å²) in [7, 11) is 0. The van der Waals surface area contributed by atoms with Crippen LogP contribution in [-0.4, -0.2) is 17.6 Å². The Labute approximate surface area is 141 Å². The van der Waals surface area contributed by atoms with E-state index in [-0.39, 0.29) is 11.3 Å². The average Bonchev–Trinajstić information content (AvgIpc) is 2.84. The second kappa shape index (κ2) is 6.08. The van der Waals surface area contributed by atoms with Crippen LogP contribution in [0.1, 0.15) is 34.9 Å². The van der Waals surface area contributed by atoms with Crippen LogP contribution in [0.2, 0.25) is 0 Å². The quantitative estimate of drug-likeness (QED) is 0.722. The smallest absolute Gasteiger partial charge is 0.417 e. The first-order chi connectivity index (χ1) is 12.1.